The van der Waals surface area contributed by atoms with Gasteiger partial charge in [0.25, 0.3) is 0 Å². The molecule has 9 heteroatoms. The van der Waals surface area contributed by atoms with E-state index in [0.29, 0.717) is 17.4 Å². The van der Waals surface area contributed by atoms with E-state index in [0.717, 1.165) is 5.56 Å². The van der Waals surface area contributed by atoms with Gasteiger partial charge in [0.05, 0.1) is 11.4 Å². The fourth-order valence-electron chi connectivity index (χ4n) is 2.77. The van der Waals surface area contributed by atoms with Crippen LogP contribution in [0.3, 0.4) is 0 Å². The van der Waals surface area contributed by atoms with Crippen LogP contribution in [-0.4, -0.2) is 30.8 Å². The molecule has 0 aliphatic carbocycles. The molecule has 0 fully saturated rings. The summed E-state index contributed by atoms with van der Waals surface area (Å²) in [6, 6.07) is 15.3. The second-order valence-corrected chi connectivity index (χ2v) is 7.12. The van der Waals surface area contributed by atoms with Crippen molar-refractivity contribution in [3.63, 3.8) is 0 Å². The largest absolute Gasteiger partial charge is 0.351 e. The molecule has 1 N–H and O–H groups in total. The standard InChI is InChI=1S/C20H16FN5O2S/c21-15-7-4-8-16(11-15)25-9-10-26-18(19(25)28)23-24-20(26)29-13-17(27)22-12-14-5-2-1-3-6-14/h1-11H,12-13H2,(H,22,27). The minimum atomic E-state index is -0.437. The molecular formula is C20H16FN5O2S. The van der Waals surface area contributed by atoms with E-state index in [9.17, 15) is 14.0 Å². The van der Waals surface area contributed by atoms with Crippen LogP contribution in [0.5, 0.6) is 0 Å². The van der Waals surface area contributed by atoms with E-state index < -0.39 is 11.4 Å². The SMILES string of the molecule is O=C(CSc1nnc2c(=O)n(-c3cccc(F)c3)ccn12)NCc1ccccc1. The summed E-state index contributed by atoms with van der Waals surface area (Å²) in [6.45, 7) is 0.444. The Hall–Kier alpha value is -3.46. The smallest absolute Gasteiger partial charge is 0.300 e. The Morgan fingerprint density at radius 2 is 1.90 bits per heavy atom. The van der Waals surface area contributed by atoms with Crippen molar-refractivity contribution in [1.82, 2.24) is 24.5 Å². The fourth-order valence-corrected chi connectivity index (χ4v) is 3.52. The molecule has 0 saturated heterocycles. The molecule has 146 valence electrons. The van der Waals surface area contributed by atoms with E-state index in [4.69, 9.17) is 0 Å². The van der Waals surface area contributed by atoms with Crippen LogP contribution in [0, 0.1) is 5.82 Å². The predicted molar refractivity (Wildman–Crippen MR) is 108 cm³/mol. The Balaban J connectivity index is 1.47. The molecule has 7 nitrogen and oxygen atoms in total. The Labute approximate surface area is 169 Å². The lowest BCUT2D eigenvalue weighted by Crippen LogP contribution is -2.24. The molecule has 0 aliphatic rings. The van der Waals surface area contributed by atoms with E-state index in [2.05, 4.69) is 15.5 Å². The van der Waals surface area contributed by atoms with Crippen molar-refractivity contribution in [1.29, 1.82) is 0 Å². The number of nitrogens with one attached hydrogen (secondary N) is 1. The number of nitrogens with zero attached hydrogens (tertiary/aromatic N) is 4. The van der Waals surface area contributed by atoms with Gasteiger partial charge in [0.1, 0.15) is 5.82 Å². The second kappa shape index (κ2) is 8.27. The third-order valence-corrected chi connectivity index (χ3v) is 5.13. The number of thioether (sulfide) groups is 1. The first-order valence-corrected chi connectivity index (χ1v) is 9.76. The highest BCUT2D eigenvalue weighted by Crippen LogP contribution is 2.16. The lowest BCUT2D eigenvalue weighted by atomic mass is 10.2. The normalized spacial score (nSPS) is 10.9. The van der Waals surface area contributed by atoms with Crippen LogP contribution in [-0.2, 0) is 11.3 Å². The van der Waals surface area contributed by atoms with E-state index in [1.54, 1.807) is 12.3 Å². The summed E-state index contributed by atoms with van der Waals surface area (Å²) >= 11 is 1.18. The van der Waals surface area contributed by atoms with Crippen molar-refractivity contribution in [2.24, 2.45) is 0 Å². The number of carbonyl (C=O) groups excluding carboxylic acids is 1. The van der Waals surface area contributed by atoms with Crippen LogP contribution >= 0.6 is 11.8 Å². The first-order chi connectivity index (χ1) is 14.1. The van der Waals surface area contributed by atoms with Gasteiger partial charge in [-0.05, 0) is 23.8 Å². The Kier molecular flexibility index (Phi) is 5.39. The summed E-state index contributed by atoms with van der Waals surface area (Å²) in [5, 5.41) is 11.2. The minimum absolute atomic E-state index is 0.101. The van der Waals surface area contributed by atoms with Gasteiger partial charge >= 0.3 is 5.56 Å². The number of rotatable bonds is 6. The summed E-state index contributed by atoms with van der Waals surface area (Å²) in [5.41, 5.74) is 1.08. The van der Waals surface area contributed by atoms with Crippen LogP contribution in [0.15, 0.2) is 76.9 Å². The average Bonchev–Trinajstić information content (AvgIpc) is 3.16. The monoisotopic (exact) mass is 409 g/mol. The molecule has 0 aliphatic heterocycles. The number of benzene rings is 2. The number of amides is 1. The van der Waals surface area contributed by atoms with Crippen LogP contribution < -0.4 is 10.9 Å². The van der Waals surface area contributed by atoms with Gasteiger partial charge in [0.15, 0.2) is 5.16 Å². The quantitative estimate of drug-likeness (QED) is 0.495. The molecule has 0 saturated carbocycles. The van der Waals surface area contributed by atoms with Gasteiger partial charge in [-0.25, -0.2) is 4.39 Å². The van der Waals surface area contributed by atoms with Crippen LogP contribution in [0.25, 0.3) is 11.3 Å². The van der Waals surface area contributed by atoms with Crippen molar-refractivity contribution in [2.75, 3.05) is 5.75 Å². The number of halogens is 1. The fraction of sp³-hybridized carbons (Fsp3) is 0.100. The summed E-state index contributed by atoms with van der Waals surface area (Å²) in [6.07, 6.45) is 3.14. The average molecular weight is 409 g/mol. The zero-order valence-electron chi connectivity index (χ0n) is 15.2. The molecule has 29 heavy (non-hydrogen) atoms. The third-order valence-electron chi connectivity index (χ3n) is 4.19. The van der Waals surface area contributed by atoms with Crippen LogP contribution in [0.2, 0.25) is 0 Å². The van der Waals surface area contributed by atoms with Crippen molar-refractivity contribution in [3.05, 3.63) is 88.7 Å². The van der Waals surface area contributed by atoms with Gasteiger partial charge in [-0.1, -0.05) is 48.2 Å². The van der Waals surface area contributed by atoms with E-state index in [-0.39, 0.29) is 17.3 Å². The van der Waals surface area contributed by atoms with Crippen LogP contribution in [0.4, 0.5) is 4.39 Å². The molecule has 4 aromatic rings. The molecule has 0 bridgehead atoms. The number of aromatic nitrogens is 4. The number of carbonyl (C=O) groups is 1. The zero-order valence-corrected chi connectivity index (χ0v) is 16.0. The molecule has 0 unspecified atom stereocenters. The lowest BCUT2D eigenvalue weighted by Gasteiger charge is -2.07. The first kappa shape index (κ1) is 18.9. The highest BCUT2D eigenvalue weighted by Gasteiger charge is 2.13. The maximum Gasteiger partial charge on any atom is 0.300 e. The molecular weight excluding hydrogens is 393 g/mol. The topological polar surface area (TPSA) is 81.3 Å². The molecule has 0 atom stereocenters. The Morgan fingerprint density at radius 1 is 1.07 bits per heavy atom. The van der Waals surface area contributed by atoms with Gasteiger partial charge in [-0.2, -0.15) is 0 Å². The Morgan fingerprint density at radius 3 is 2.69 bits per heavy atom. The summed E-state index contributed by atoms with van der Waals surface area (Å²) in [5.74, 6) is -0.446. The molecule has 2 heterocycles. The molecule has 0 spiro atoms. The maximum atomic E-state index is 13.5. The molecule has 1 amide bonds. The van der Waals surface area contributed by atoms with E-state index in [1.807, 2.05) is 30.3 Å². The number of hydrogen-bond acceptors (Lipinski definition) is 5. The van der Waals surface area contributed by atoms with E-state index >= 15 is 0 Å². The van der Waals surface area contributed by atoms with E-state index in [1.165, 1.54) is 45.1 Å². The lowest BCUT2D eigenvalue weighted by molar-refractivity contribution is -0.118. The van der Waals surface area contributed by atoms with Gasteiger partial charge in [-0.15, -0.1) is 10.2 Å². The van der Waals surface area contributed by atoms with Crippen molar-refractivity contribution < 1.29 is 9.18 Å². The molecule has 4 rings (SSSR count). The number of hydrogen-bond donors (Lipinski definition) is 1. The van der Waals surface area contributed by atoms with Gasteiger partial charge < -0.3 is 5.32 Å². The summed E-state index contributed by atoms with van der Waals surface area (Å²) < 4.78 is 16.3. The highest BCUT2D eigenvalue weighted by molar-refractivity contribution is 7.99. The van der Waals surface area contributed by atoms with Gasteiger partial charge in [-0.3, -0.25) is 18.6 Å². The van der Waals surface area contributed by atoms with Crippen molar-refractivity contribution >= 4 is 23.3 Å². The molecule has 0 radical (unpaired) electrons. The first-order valence-electron chi connectivity index (χ1n) is 8.77. The second-order valence-electron chi connectivity index (χ2n) is 6.18. The third kappa shape index (κ3) is 4.19. The van der Waals surface area contributed by atoms with Crippen LogP contribution in [0.1, 0.15) is 5.56 Å². The summed E-state index contributed by atoms with van der Waals surface area (Å²) in [4.78, 5) is 24.8. The Bertz CT molecular complexity index is 1220. The summed E-state index contributed by atoms with van der Waals surface area (Å²) in [7, 11) is 0. The maximum absolute atomic E-state index is 13.5. The predicted octanol–water partition coefficient (Wildman–Crippen LogP) is 2.43. The minimum Gasteiger partial charge on any atom is -0.351 e. The number of fused-ring (bicyclic) bond motifs is 1. The highest BCUT2D eigenvalue weighted by atomic mass is 32.2. The zero-order chi connectivity index (χ0) is 20.2. The van der Waals surface area contributed by atoms with Gasteiger partial charge in [0.2, 0.25) is 11.6 Å². The van der Waals surface area contributed by atoms with Crippen molar-refractivity contribution in [2.45, 2.75) is 11.7 Å². The van der Waals surface area contributed by atoms with Gasteiger partial charge in [0, 0.05) is 18.9 Å². The molecule has 2 aromatic carbocycles. The molecule has 2 aromatic heterocycles. The van der Waals surface area contributed by atoms with Crippen molar-refractivity contribution in [3.8, 4) is 5.69 Å².